The summed E-state index contributed by atoms with van der Waals surface area (Å²) in [5.41, 5.74) is 4.27. The van der Waals surface area contributed by atoms with Crippen LogP contribution in [0.25, 0.3) is 11.4 Å². The standard InChI is InChI=1S/C25H31N5OS/c1-4-30-24(20-7-5-6-19(3)16-20)27-28-25(30)32-17-23(31)26-21-8-10-22(11-9-21)29-14-12-18(2)13-15-29/h5-11,16,18H,4,12-15,17H2,1-3H3,(H,26,31). The van der Waals surface area contributed by atoms with Crippen molar-refractivity contribution >= 4 is 29.0 Å². The zero-order chi connectivity index (χ0) is 22.5. The van der Waals surface area contributed by atoms with Gasteiger partial charge in [-0.25, -0.2) is 0 Å². The second kappa shape index (κ2) is 10.2. The quantitative estimate of drug-likeness (QED) is 0.500. The summed E-state index contributed by atoms with van der Waals surface area (Å²) < 4.78 is 2.06. The third-order valence-corrected chi connectivity index (χ3v) is 6.91. The summed E-state index contributed by atoms with van der Waals surface area (Å²) in [4.78, 5) is 15.0. The van der Waals surface area contributed by atoms with Gasteiger partial charge in [-0.2, -0.15) is 0 Å². The molecule has 7 heteroatoms. The van der Waals surface area contributed by atoms with Crippen molar-refractivity contribution in [3.63, 3.8) is 0 Å². The van der Waals surface area contributed by atoms with Gasteiger partial charge >= 0.3 is 0 Å². The van der Waals surface area contributed by atoms with Crippen molar-refractivity contribution in [2.75, 3.05) is 29.1 Å². The van der Waals surface area contributed by atoms with Crippen LogP contribution in [0.15, 0.2) is 53.7 Å². The summed E-state index contributed by atoms with van der Waals surface area (Å²) in [5, 5.41) is 12.5. The topological polar surface area (TPSA) is 63.1 Å². The predicted molar refractivity (Wildman–Crippen MR) is 132 cm³/mol. The molecule has 4 rings (SSSR count). The maximum atomic E-state index is 12.5. The van der Waals surface area contributed by atoms with Gasteiger partial charge in [0.25, 0.3) is 0 Å². The Bertz CT molecular complexity index is 1050. The Labute approximate surface area is 194 Å². The molecule has 2 heterocycles. The number of hydrogen-bond donors (Lipinski definition) is 1. The number of benzene rings is 2. The van der Waals surface area contributed by atoms with Crippen LogP contribution in [0, 0.1) is 12.8 Å². The van der Waals surface area contributed by atoms with E-state index in [9.17, 15) is 4.79 Å². The molecule has 0 unspecified atom stereocenters. The van der Waals surface area contributed by atoms with Crippen molar-refractivity contribution in [2.45, 2.75) is 45.3 Å². The molecule has 1 saturated heterocycles. The number of rotatable bonds is 7. The number of nitrogens with one attached hydrogen (secondary N) is 1. The highest BCUT2D eigenvalue weighted by molar-refractivity contribution is 7.99. The molecule has 6 nitrogen and oxygen atoms in total. The normalized spacial score (nSPS) is 14.5. The minimum Gasteiger partial charge on any atom is -0.372 e. The SMILES string of the molecule is CCn1c(SCC(=O)Nc2ccc(N3CCC(C)CC3)cc2)nnc1-c1cccc(C)c1. The number of aryl methyl sites for hydroxylation is 1. The zero-order valence-corrected chi connectivity index (χ0v) is 19.9. The summed E-state index contributed by atoms with van der Waals surface area (Å²) in [6.45, 7) is 9.41. The van der Waals surface area contributed by atoms with Gasteiger partial charge in [0.2, 0.25) is 5.91 Å². The molecule has 1 aliphatic rings. The maximum absolute atomic E-state index is 12.5. The van der Waals surface area contributed by atoms with Crippen LogP contribution in [0.1, 0.15) is 32.3 Å². The van der Waals surface area contributed by atoms with Gasteiger partial charge in [0.1, 0.15) is 0 Å². The van der Waals surface area contributed by atoms with Crippen LogP contribution in [-0.2, 0) is 11.3 Å². The lowest BCUT2D eigenvalue weighted by Crippen LogP contribution is -2.32. The van der Waals surface area contributed by atoms with Gasteiger partial charge in [0.15, 0.2) is 11.0 Å². The molecule has 32 heavy (non-hydrogen) atoms. The van der Waals surface area contributed by atoms with Gasteiger partial charge in [-0.1, -0.05) is 42.4 Å². The Morgan fingerprint density at radius 2 is 1.88 bits per heavy atom. The molecular formula is C25H31N5OS. The van der Waals surface area contributed by atoms with Crippen molar-refractivity contribution in [2.24, 2.45) is 5.92 Å². The van der Waals surface area contributed by atoms with Crippen molar-refractivity contribution in [3.8, 4) is 11.4 Å². The number of anilines is 2. The van der Waals surface area contributed by atoms with Crippen LogP contribution >= 0.6 is 11.8 Å². The molecule has 1 aliphatic heterocycles. The monoisotopic (exact) mass is 449 g/mol. The summed E-state index contributed by atoms with van der Waals surface area (Å²) in [6.07, 6.45) is 2.48. The average Bonchev–Trinajstić information content (AvgIpc) is 3.22. The molecular weight excluding hydrogens is 418 g/mol. The highest BCUT2D eigenvalue weighted by Crippen LogP contribution is 2.26. The Balaban J connectivity index is 1.34. The molecule has 0 bridgehead atoms. The second-order valence-electron chi connectivity index (χ2n) is 8.47. The molecule has 2 aromatic carbocycles. The third-order valence-electron chi connectivity index (χ3n) is 5.94. The Morgan fingerprint density at radius 3 is 2.56 bits per heavy atom. The lowest BCUT2D eigenvalue weighted by Gasteiger charge is -2.32. The maximum Gasteiger partial charge on any atom is 0.234 e. The molecule has 0 spiro atoms. The van der Waals surface area contributed by atoms with Crippen molar-refractivity contribution < 1.29 is 4.79 Å². The fraction of sp³-hybridized carbons (Fsp3) is 0.400. The Hall–Kier alpha value is -2.80. The third kappa shape index (κ3) is 5.33. The minimum absolute atomic E-state index is 0.0442. The van der Waals surface area contributed by atoms with Gasteiger partial charge < -0.3 is 14.8 Å². The Morgan fingerprint density at radius 1 is 1.12 bits per heavy atom. The van der Waals surface area contributed by atoms with Crippen molar-refractivity contribution in [1.82, 2.24) is 14.8 Å². The lowest BCUT2D eigenvalue weighted by atomic mass is 9.99. The van der Waals surface area contributed by atoms with E-state index < -0.39 is 0 Å². The van der Waals surface area contributed by atoms with Crippen LogP contribution in [-0.4, -0.2) is 39.5 Å². The molecule has 168 valence electrons. The molecule has 1 aromatic heterocycles. The van der Waals surface area contributed by atoms with Gasteiger partial charge in [-0.15, -0.1) is 10.2 Å². The summed E-state index contributed by atoms with van der Waals surface area (Å²) >= 11 is 1.41. The first-order valence-corrected chi connectivity index (χ1v) is 12.3. The lowest BCUT2D eigenvalue weighted by molar-refractivity contribution is -0.113. The van der Waals surface area contributed by atoms with E-state index in [-0.39, 0.29) is 11.7 Å². The fourth-order valence-corrected chi connectivity index (χ4v) is 4.83. The van der Waals surface area contributed by atoms with Crippen LogP contribution in [0.2, 0.25) is 0 Å². The molecule has 3 aromatic rings. The predicted octanol–water partition coefficient (Wildman–Crippen LogP) is 5.24. The van der Waals surface area contributed by atoms with Gasteiger partial charge in [0, 0.05) is 36.6 Å². The highest BCUT2D eigenvalue weighted by atomic mass is 32.2. The number of piperidine rings is 1. The molecule has 0 atom stereocenters. The summed E-state index contributed by atoms with van der Waals surface area (Å²) in [6, 6.07) is 16.4. The number of carbonyl (C=O) groups excluding carboxylic acids is 1. The molecule has 1 N–H and O–H groups in total. The van der Waals surface area contributed by atoms with Gasteiger partial charge in [0.05, 0.1) is 5.75 Å². The van der Waals surface area contributed by atoms with Gasteiger partial charge in [-0.3, -0.25) is 4.79 Å². The van der Waals surface area contributed by atoms with E-state index in [0.29, 0.717) is 0 Å². The fourth-order valence-electron chi connectivity index (χ4n) is 4.03. The Kier molecular flexibility index (Phi) is 7.15. The van der Waals surface area contributed by atoms with Crippen LogP contribution < -0.4 is 10.2 Å². The zero-order valence-electron chi connectivity index (χ0n) is 19.0. The highest BCUT2D eigenvalue weighted by Gasteiger charge is 2.17. The van der Waals surface area contributed by atoms with E-state index in [1.807, 2.05) is 24.3 Å². The van der Waals surface area contributed by atoms with Crippen LogP contribution in [0.3, 0.4) is 0 Å². The first kappa shape index (κ1) is 22.4. The van der Waals surface area contributed by atoms with E-state index in [1.165, 1.54) is 35.9 Å². The number of nitrogens with zero attached hydrogens (tertiary/aromatic N) is 4. The van der Waals surface area contributed by atoms with Crippen LogP contribution in [0.4, 0.5) is 11.4 Å². The van der Waals surface area contributed by atoms with Crippen LogP contribution in [0.5, 0.6) is 0 Å². The number of aromatic nitrogens is 3. The molecule has 0 aliphatic carbocycles. The summed E-state index contributed by atoms with van der Waals surface area (Å²) in [7, 11) is 0. The number of thioether (sulfide) groups is 1. The van der Waals surface area contributed by atoms with E-state index in [4.69, 9.17) is 0 Å². The van der Waals surface area contributed by atoms with Crippen molar-refractivity contribution in [1.29, 1.82) is 0 Å². The smallest absolute Gasteiger partial charge is 0.234 e. The largest absolute Gasteiger partial charge is 0.372 e. The molecule has 0 radical (unpaired) electrons. The molecule has 1 amide bonds. The number of amides is 1. The van der Waals surface area contributed by atoms with E-state index >= 15 is 0 Å². The molecule has 0 saturated carbocycles. The van der Waals surface area contributed by atoms with E-state index in [1.54, 1.807) is 0 Å². The first-order valence-electron chi connectivity index (χ1n) is 11.3. The van der Waals surface area contributed by atoms with Crippen molar-refractivity contribution in [3.05, 3.63) is 54.1 Å². The average molecular weight is 450 g/mol. The number of hydrogen-bond acceptors (Lipinski definition) is 5. The van der Waals surface area contributed by atoms with Gasteiger partial charge in [-0.05, 0) is 62.9 Å². The summed E-state index contributed by atoms with van der Waals surface area (Å²) in [5.74, 6) is 1.89. The van der Waals surface area contributed by atoms with E-state index in [0.717, 1.165) is 47.8 Å². The second-order valence-corrected chi connectivity index (χ2v) is 9.42. The number of carbonyl (C=O) groups is 1. The molecule has 1 fully saturated rings. The minimum atomic E-state index is -0.0442. The first-order chi connectivity index (χ1) is 15.5. The van der Waals surface area contributed by atoms with E-state index in [2.05, 4.69) is 70.0 Å².